The molecule has 4 aromatic rings. The molecule has 0 aliphatic carbocycles. The molecule has 8 heteroatoms. The van der Waals surface area contributed by atoms with Gasteiger partial charge in [0.25, 0.3) is 0 Å². The van der Waals surface area contributed by atoms with Crippen molar-refractivity contribution in [1.82, 2.24) is 10.2 Å². The second kappa shape index (κ2) is 10.5. The number of ether oxygens (including phenoxy) is 2. The zero-order chi connectivity index (χ0) is 23.0. The molecule has 0 radical (unpaired) electrons. The SMILES string of the molecule is N[C@@H](CC(=O)OCc1ccccc1)Cc1nnc(-c2ccc(Oc3ccc(F)cc3)cc2)o1. The average Bonchev–Trinajstić information content (AvgIpc) is 3.28. The summed E-state index contributed by atoms with van der Waals surface area (Å²) in [6, 6.07) is 21.7. The second-order valence-corrected chi connectivity index (χ2v) is 7.40. The van der Waals surface area contributed by atoms with Crippen LogP contribution in [0.3, 0.4) is 0 Å². The minimum atomic E-state index is -0.506. The van der Waals surface area contributed by atoms with Gasteiger partial charge >= 0.3 is 5.97 Å². The standard InChI is InChI=1S/C25H22FN3O4/c26-19-8-12-22(13-9-19)32-21-10-6-18(7-11-21)25-29-28-23(33-25)14-20(27)15-24(30)31-16-17-4-2-1-3-5-17/h1-13,20H,14-16,27H2/t20-/m1/s1. The zero-order valence-corrected chi connectivity index (χ0v) is 17.7. The summed E-state index contributed by atoms with van der Waals surface area (Å²) in [5.41, 5.74) is 7.67. The van der Waals surface area contributed by atoms with E-state index in [0.717, 1.165) is 5.56 Å². The van der Waals surface area contributed by atoms with Crippen LogP contribution in [-0.2, 0) is 22.6 Å². The summed E-state index contributed by atoms with van der Waals surface area (Å²) in [6.45, 7) is 0.206. The van der Waals surface area contributed by atoms with E-state index in [4.69, 9.17) is 19.6 Å². The van der Waals surface area contributed by atoms with Crippen molar-refractivity contribution in [2.45, 2.75) is 25.5 Å². The van der Waals surface area contributed by atoms with Gasteiger partial charge in [0.1, 0.15) is 23.9 Å². The summed E-state index contributed by atoms with van der Waals surface area (Å²) < 4.78 is 29.6. The monoisotopic (exact) mass is 447 g/mol. The van der Waals surface area contributed by atoms with E-state index >= 15 is 0 Å². The number of esters is 1. The van der Waals surface area contributed by atoms with Crippen LogP contribution in [0.4, 0.5) is 4.39 Å². The largest absolute Gasteiger partial charge is 0.461 e. The predicted octanol–water partition coefficient (Wildman–Crippen LogP) is 4.67. The van der Waals surface area contributed by atoms with Gasteiger partial charge in [-0.1, -0.05) is 30.3 Å². The molecule has 2 N–H and O–H groups in total. The molecule has 0 fully saturated rings. The smallest absolute Gasteiger partial charge is 0.307 e. The lowest BCUT2D eigenvalue weighted by atomic mass is 10.1. The molecule has 1 aromatic heterocycles. The fourth-order valence-electron chi connectivity index (χ4n) is 3.06. The number of carbonyl (C=O) groups excluding carboxylic acids is 1. The first-order valence-corrected chi connectivity index (χ1v) is 10.4. The quantitative estimate of drug-likeness (QED) is 0.372. The molecule has 1 heterocycles. The van der Waals surface area contributed by atoms with Crippen molar-refractivity contribution >= 4 is 5.97 Å². The third kappa shape index (κ3) is 6.47. The minimum Gasteiger partial charge on any atom is -0.461 e. The number of aromatic nitrogens is 2. The van der Waals surface area contributed by atoms with Crippen LogP contribution in [0.15, 0.2) is 83.3 Å². The molecule has 0 saturated carbocycles. The predicted molar refractivity (Wildman–Crippen MR) is 119 cm³/mol. The van der Waals surface area contributed by atoms with Crippen LogP contribution in [0.25, 0.3) is 11.5 Å². The molecule has 3 aromatic carbocycles. The van der Waals surface area contributed by atoms with Crippen molar-refractivity contribution in [1.29, 1.82) is 0 Å². The maximum absolute atomic E-state index is 13.0. The number of halogens is 1. The summed E-state index contributed by atoms with van der Waals surface area (Å²) in [5.74, 6) is 1.07. The van der Waals surface area contributed by atoms with E-state index in [1.807, 2.05) is 30.3 Å². The number of carbonyl (C=O) groups is 1. The van der Waals surface area contributed by atoms with Crippen molar-refractivity contribution in [3.8, 4) is 23.0 Å². The Morgan fingerprint density at radius 3 is 2.30 bits per heavy atom. The highest BCUT2D eigenvalue weighted by atomic mass is 19.1. The number of nitrogens with two attached hydrogens (primary N) is 1. The molecule has 168 valence electrons. The van der Waals surface area contributed by atoms with Gasteiger partial charge in [0.2, 0.25) is 11.8 Å². The highest BCUT2D eigenvalue weighted by Gasteiger charge is 2.16. The summed E-state index contributed by atoms with van der Waals surface area (Å²) in [5, 5.41) is 8.06. The van der Waals surface area contributed by atoms with Gasteiger partial charge < -0.3 is 19.6 Å². The van der Waals surface area contributed by atoms with Crippen LogP contribution < -0.4 is 10.5 Å². The Hall–Kier alpha value is -4.04. The van der Waals surface area contributed by atoms with E-state index in [1.54, 1.807) is 36.4 Å². The van der Waals surface area contributed by atoms with Gasteiger partial charge in [-0.15, -0.1) is 10.2 Å². The van der Waals surface area contributed by atoms with E-state index < -0.39 is 6.04 Å². The van der Waals surface area contributed by atoms with Crippen molar-refractivity contribution in [2.75, 3.05) is 0 Å². The van der Waals surface area contributed by atoms with Gasteiger partial charge in [-0.2, -0.15) is 0 Å². The Morgan fingerprint density at radius 1 is 0.939 bits per heavy atom. The molecular formula is C25H22FN3O4. The molecule has 4 rings (SSSR count). The van der Waals surface area contributed by atoms with Gasteiger partial charge in [-0.05, 0) is 54.1 Å². The lowest BCUT2D eigenvalue weighted by Crippen LogP contribution is -2.27. The summed E-state index contributed by atoms with van der Waals surface area (Å²) in [7, 11) is 0. The van der Waals surface area contributed by atoms with Crippen molar-refractivity contribution in [2.24, 2.45) is 5.73 Å². The highest BCUT2D eigenvalue weighted by Crippen LogP contribution is 2.25. The van der Waals surface area contributed by atoms with Gasteiger partial charge in [0, 0.05) is 18.0 Å². The number of hydrogen-bond donors (Lipinski definition) is 1. The molecule has 0 unspecified atom stereocenters. The molecule has 0 saturated heterocycles. The molecule has 0 aliphatic rings. The maximum Gasteiger partial charge on any atom is 0.307 e. The topological polar surface area (TPSA) is 100 Å². The molecule has 0 bridgehead atoms. The summed E-state index contributed by atoms with van der Waals surface area (Å²) >= 11 is 0. The Kier molecular flexibility index (Phi) is 7.06. The van der Waals surface area contributed by atoms with Gasteiger partial charge in [0.15, 0.2) is 0 Å². The second-order valence-electron chi connectivity index (χ2n) is 7.40. The van der Waals surface area contributed by atoms with Crippen LogP contribution in [-0.4, -0.2) is 22.2 Å². The molecule has 7 nitrogen and oxygen atoms in total. The van der Waals surface area contributed by atoms with Crippen molar-refractivity contribution in [3.63, 3.8) is 0 Å². The Morgan fingerprint density at radius 2 is 1.61 bits per heavy atom. The third-order valence-corrected chi connectivity index (χ3v) is 4.73. The maximum atomic E-state index is 13.0. The first-order valence-electron chi connectivity index (χ1n) is 10.4. The van der Waals surface area contributed by atoms with Crippen LogP contribution >= 0.6 is 0 Å². The number of nitrogens with zero attached hydrogens (tertiary/aromatic N) is 2. The Labute approximate surface area is 190 Å². The van der Waals surface area contributed by atoms with Gasteiger partial charge in [-0.3, -0.25) is 4.79 Å². The van der Waals surface area contributed by atoms with E-state index in [2.05, 4.69) is 10.2 Å². The van der Waals surface area contributed by atoms with E-state index in [-0.39, 0.29) is 31.2 Å². The van der Waals surface area contributed by atoms with Crippen molar-refractivity contribution < 1.29 is 23.1 Å². The Balaban J connectivity index is 1.28. The zero-order valence-electron chi connectivity index (χ0n) is 17.7. The van der Waals surface area contributed by atoms with Gasteiger partial charge in [0.05, 0.1) is 6.42 Å². The fourth-order valence-corrected chi connectivity index (χ4v) is 3.06. The van der Waals surface area contributed by atoms with Gasteiger partial charge in [-0.25, -0.2) is 4.39 Å². The molecule has 0 aliphatic heterocycles. The molecular weight excluding hydrogens is 425 g/mol. The van der Waals surface area contributed by atoms with Crippen molar-refractivity contribution in [3.05, 3.63) is 96.1 Å². The molecule has 0 amide bonds. The molecule has 33 heavy (non-hydrogen) atoms. The molecule has 0 spiro atoms. The van der Waals surface area contributed by atoms with Crippen LogP contribution in [0.5, 0.6) is 11.5 Å². The average molecular weight is 447 g/mol. The normalized spacial score (nSPS) is 11.7. The lowest BCUT2D eigenvalue weighted by molar-refractivity contribution is -0.145. The van der Waals surface area contributed by atoms with Crippen LogP contribution in [0.2, 0.25) is 0 Å². The highest BCUT2D eigenvalue weighted by molar-refractivity contribution is 5.70. The van der Waals surface area contributed by atoms with Crippen LogP contribution in [0, 0.1) is 5.82 Å². The fraction of sp³-hybridized carbons (Fsp3) is 0.160. The Bertz CT molecular complexity index is 1180. The summed E-state index contributed by atoms with van der Waals surface area (Å²) in [4.78, 5) is 12.0. The third-order valence-electron chi connectivity index (χ3n) is 4.73. The lowest BCUT2D eigenvalue weighted by Gasteiger charge is -2.09. The van der Waals surface area contributed by atoms with E-state index in [9.17, 15) is 9.18 Å². The van der Waals surface area contributed by atoms with E-state index in [0.29, 0.717) is 28.8 Å². The first kappa shape index (κ1) is 22.2. The van der Waals surface area contributed by atoms with E-state index in [1.165, 1.54) is 12.1 Å². The number of rotatable bonds is 9. The number of benzene rings is 3. The van der Waals surface area contributed by atoms with Crippen LogP contribution in [0.1, 0.15) is 17.9 Å². The number of hydrogen-bond acceptors (Lipinski definition) is 7. The minimum absolute atomic E-state index is 0.0416. The first-order chi connectivity index (χ1) is 16.0. The molecule has 1 atom stereocenters. The summed E-state index contributed by atoms with van der Waals surface area (Å²) in [6.07, 6.45) is 0.291.